The fourth-order valence-corrected chi connectivity index (χ4v) is 3.43. The van der Waals surface area contributed by atoms with E-state index < -0.39 is 0 Å². The zero-order valence-electron chi connectivity index (χ0n) is 14.8. The van der Waals surface area contributed by atoms with Crippen molar-refractivity contribution >= 4 is 10.9 Å². The highest BCUT2D eigenvalue weighted by atomic mass is 35.5. The molecular formula is C20H23ClFN3O. The van der Waals surface area contributed by atoms with Gasteiger partial charge in [0, 0.05) is 12.8 Å². The number of benzene rings is 2. The molecule has 2 heterocycles. The Morgan fingerprint density at radius 1 is 1.12 bits per heavy atom. The molecule has 3 aromatic rings. The molecule has 1 aliphatic heterocycles. The quantitative estimate of drug-likeness (QED) is 0.653. The van der Waals surface area contributed by atoms with Crippen LogP contribution in [0.15, 0.2) is 48.5 Å². The van der Waals surface area contributed by atoms with E-state index in [2.05, 4.69) is 19.2 Å². The molecular weight excluding hydrogens is 353 g/mol. The number of ether oxygens (including phenoxy) is 1. The first-order valence-corrected chi connectivity index (χ1v) is 8.87. The lowest BCUT2D eigenvalue weighted by Gasteiger charge is -2.26. The number of aromatic nitrogens is 2. The number of nitrogens with zero attached hydrogens (tertiary/aromatic N) is 2. The zero-order chi connectivity index (χ0) is 17.2. The van der Waals surface area contributed by atoms with Gasteiger partial charge in [-0.3, -0.25) is 4.68 Å². The van der Waals surface area contributed by atoms with E-state index >= 15 is 0 Å². The highest BCUT2D eigenvalue weighted by Gasteiger charge is 2.23. The highest BCUT2D eigenvalue weighted by Crippen LogP contribution is 2.27. The molecule has 0 atom stereocenters. The van der Waals surface area contributed by atoms with E-state index in [9.17, 15) is 4.39 Å². The summed E-state index contributed by atoms with van der Waals surface area (Å²) in [5, 5.41) is 5.75. The van der Waals surface area contributed by atoms with Crippen molar-refractivity contribution in [1.29, 1.82) is 0 Å². The van der Waals surface area contributed by atoms with Crippen molar-refractivity contribution in [3.63, 3.8) is 0 Å². The standard InChI is InChI=1S/C20H22FN3O.ClH/c1-23-12-10-17(11-13-23)25-20-18-4-2-3-5-19(18)24(22-20)14-15-6-8-16(21)9-7-15;/h2-9,17H,10-14H2,1H3;1H. The number of para-hydroxylation sites is 1. The molecule has 26 heavy (non-hydrogen) atoms. The lowest BCUT2D eigenvalue weighted by Crippen LogP contribution is -3.10. The number of nitrogens with one attached hydrogen (secondary N) is 1. The van der Waals surface area contributed by atoms with Gasteiger partial charge in [-0.15, -0.1) is 5.10 Å². The fraction of sp³-hybridized carbons (Fsp3) is 0.350. The first-order valence-electron chi connectivity index (χ1n) is 8.87. The van der Waals surface area contributed by atoms with Crippen LogP contribution in [0, 0.1) is 5.82 Å². The van der Waals surface area contributed by atoms with Gasteiger partial charge in [0.05, 0.1) is 37.6 Å². The second kappa shape index (κ2) is 8.06. The molecule has 0 amide bonds. The second-order valence-electron chi connectivity index (χ2n) is 6.88. The molecule has 138 valence electrons. The average molecular weight is 376 g/mol. The number of likely N-dealkylation sites (tertiary alicyclic amines) is 1. The van der Waals surface area contributed by atoms with Gasteiger partial charge in [0.15, 0.2) is 0 Å². The SMILES string of the molecule is C[NH+]1CCC(Oc2nn(Cc3ccc(F)cc3)c3ccccc23)CC1.[Cl-]. The van der Waals surface area contributed by atoms with Gasteiger partial charge in [-0.05, 0) is 29.8 Å². The number of fused-ring (bicyclic) bond motifs is 1. The third-order valence-corrected chi connectivity index (χ3v) is 4.93. The predicted octanol–water partition coefficient (Wildman–Crippen LogP) is -0.716. The van der Waals surface area contributed by atoms with Crippen LogP contribution in [0.4, 0.5) is 4.39 Å². The van der Waals surface area contributed by atoms with Gasteiger partial charge in [-0.2, -0.15) is 0 Å². The highest BCUT2D eigenvalue weighted by molar-refractivity contribution is 5.84. The van der Waals surface area contributed by atoms with Gasteiger partial charge < -0.3 is 22.0 Å². The van der Waals surface area contributed by atoms with Crippen molar-refractivity contribution < 1.29 is 26.4 Å². The van der Waals surface area contributed by atoms with Crippen LogP contribution in [0.1, 0.15) is 18.4 Å². The van der Waals surface area contributed by atoms with Crippen LogP contribution in [0.2, 0.25) is 0 Å². The molecule has 1 N–H and O–H groups in total. The Bertz CT molecular complexity index is 857. The maximum absolute atomic E-state index is 13.1. The van der Waals surface area contributed by atoms with Gasteiger partial charge >= 0.3 is 0 Å². The minimum absolute atomic E-state index is 0. The van der Waals surface area contributed by atoms with E-state index in [1.165, 1.54) is 12.1 Å². The van der Waals surface area contributed by atoms with Crippen molar-refractivity contribution in [1.82, 2.24) is 9.78 Å². The van der Waals surface area contributed by atoms with Crippen LogP contribution in [0.3, 0.4) is 0 Å². The van der Waals surface area contributed by atoms with E-state index in [1.807, 2.05) is 16.8 Å². The summed E-state index contributed by atoms with van der Waals surface area (Å²) in [6.45, 7) is 2.87. The van der Waals surface area contributed by atoms with Crippen LogP contribution in [-0.2, 0) is 6.54 Å². The topological polar surface area (TPSA) is 31.5 Å². The van der Waals surface area contributed by atoms with Crippen molar-refractivity contribution in [2.45, 2.75) is 25.5 Å². The Morgan fingerprint density at radius 3 is 2.54 bits per heavy atom. The molecule has 0 spiro atoms. The molecule has 1 fully saturated rings. The maximum Gasteiger partial charge on any atom is 0.241 e. The molecule has 0 saturated carbocycles. The summed E-state index contributed by atoms with van der Waals surface area (Å²) < 4.78 is 21.3. The summed E-state index contributed by atoms with van der Waals surface area (Å²) in [4.78, 5) is 1.56. The average Bonchev–Trinajstić information content (AvgIpc) is 2.97. The van der Waals surface area contributed by atoms with Crippen molar-refractivity contribution in [2.75, 3.05) is 20.1 Å². The Morgan fingerprint density at radius 2 is 1.81 bits per heavy atom. The number of rotatable bonds is 4. The summed E-state index contributed by atoms with van der Waals surface area (Å²) in [5.74, 6) is 0.491. The maximum atomic E-state index is 13.1. The third kappa shape index (κ3) is 4.00. The van der Waals surface area contributed by atoms with E-state index in [1.54, 1.807) is 17.0 Å². The van der Waals surface area contributed by atoms with Gasteiger partial charge in [0.2, 0.25) is 5.88 Å². The zero-order valence-corrected chi connectivity index (χ0v) is 15.5. The first kappa shape index (κ1) is 18.7. The second-order valence-corrected chi connectivity index (χ2v) is 6.88. The summed E-state index contributed by atoms with van der Waals surface area (Å²) in [6, 6.07) is 14.7. The van der Waals surface area contributed by atoms with Crippen LogP contribution < -0.4 is 22.0 Å². The fourth-order valence-electron chi connectivity index (χ4n) is 3.43. The van der Waals surface area contributed by atoms with Crippen LogP contribution in [0.25, 0.3) is 10.9 Å². The monoisotopic (exact) mass is 375 g/mol. The summed E-state index contributed by atoms with van der Waals surface area (Å²) in [5.41, 5.74) is 2.06. The molecule has 6 heteroatoms. The van der Waals surface area contributed by atoms with E-state index in [-0.39, 0.29) is 24.3 Å². The third-order valence-electron chi connectivity index (χ3n) is 4.93. The molecule has 2 aromatic carbocycles. The normalized spacial score (nSPS) is 19.9. The smallest absolute Gasteiger partial charge is 0.241 e. The Balaban J connectivity index is 0.00000196. The minimum atomic E-state index is -0.220. The molecule has 0 bridgehead atoms. The first-order chi connectivity index (χ1) is 12.2. The molecule has 1 aliphatic rings. The minimum Gasteiger partial charge on any atom is -1.00 e. The largest absolute Gasteiger partial charge is 1.00 e. The van der Waals surface area contributed by atoms with Gasteiger partial charge in [0.25, 0.3) is 0 Å². The molecule has 0 aliphatic carbocycles. The summed E-state index contributed by atoms with van der Waals surface area (Å²) in [7, 11) is 2.23. The number of halogens is 2. The molecule has 1 aromatic heterocycles. The Labute approximate surface area is 159 Å². The molecule has 0 radical (unpaired) electrons. The number of quaternary nitrogens is 1. The van der Waals surface area contributed by atoms with E-state index in [0.717, 1.165) is 42.4 Å². The van der Waals surface area contributed by atoms with E-state index in [4.69, 9.17) is 9.84 Å². The van der Waals surface area contributed by atoms with Gasteiger partial charge in [-0.1, -0.05) is 24.3 Å². The van der Waals surface area contributed by atoms with Crippen LogP contribution in [-0.4, -0.2) is 36.0 Å². The van der Waals surface area contributed by atoms with Gasteiger partial charge in [-0.25, -0.2) is 4.39 Å². The molecule has 4 rings (SSSR count). The summed E-state index contributed by atoms with van der Waals surface area (Å²) in [6.07, 6.45) is 2.36. The summed E-state index contributed by atoms with van der Waals surface area (Å²) >= 11 is 0. The van der Waals surface area contributed by atoms with Crippen molar-refractivity contribution in [3.8, 4) is 5.88 Å². The Kier molecular flexibility index (Phi) is 5.79. The number of hydrogen-bond acceptors (Lipinski definition) is 2. The van der Waals surface area contributed by atoms with Crippen molar-refractivity contribution in [2.24, 2.45) is 0 Å². The van der Waals surface area contributed by atoms with Crippen LogP contribution >= 0.6 is 0 Å². The Hall–Kier alpha value is -2.11. The van der Waals surface area contributed by atoms with Crippen molar-refractivity contribution in [3.05, 3.63) is 59.9 Å². The molecule has 1 saturated heterocycles. The number of piperidine rings is 1. The lowest BCUT2D eigenvalue weighted by atomic mass is 10.1. The molecule has 0 unspecified atom stereocenters. The van der Waals surface area contributed by atoms with Gasteiger partial charge in [0.1, 0.15) is 11.9 Å². The van der Waals surface area contributed by atoms with E-state index in [0.29, 0.717) is 12.4 Å². The number of hydrogen-bond donors (Lipinski definition) is 1. The van der Waals surface area contributed by atoms with Crippen LogP contribution in [0.5, 0.6) is 5.88 Å². The predicted molar refractivity (Wildman–Crippen MR) is 95.5 cm³/mol. The molecule has 4 nitrogen and oxygen atoms in total. The lowest BCUT2D eigenvalue weighted by molar-refractivity contribution is -0.885.